The summed E-state index contributed by atoms with van der Waals surface area (Å²) < 4.78 is 4.91. The van der Waals surface area contributed by atoms with Crippen molar-refractivity contribution in [2.24, 2.45) is 0 Å². The van der Waals surface area contributed by atoms with Crippen LogP contribution in [0.4, 0.5) is 0 Å². The highest BCUT2D eigenvalue weighted by Gasteiger charge is 2.05. The summed E-state index contributed by atoms with van der Waals surface area (Å²) >= 11 is 1.68. The molecule has 1 N–H and O–H groups in total. The summed E-state index contributed by atoms with van der Waals surface area (Å²) in [6, 6.07) is 10.0. The van der Waals surface area contributed by atoms with Gasteiger partial charge in [-0.15, -0.1) is 0 Å². The van der Waals surface area contributed by atoms with Crippen molar-refractivity contribution in [3.63, 3.8) is 0 Å². The molecule has 1 rings (SSSR count). The van der Waals surface area contributed by atoms with Crippen molar-refractivity contribution in [3.05, 3.63) is 35.9 Å². The number of thioether (sulfide) groups is 1. The Morgan fingerprint density at radius 1 is 1.17 bits per heavy atom. The maximum Gasteiger partial charge on any atom is 0.306 e. The average Bonchev–Trinajstić information content (AvgIpc) is 2.37. The summed E-state index contributed by atoms with van der Waals surface area (Å²) in [5.74, 6) is 0.171. The number of hydrogen-bond acceptors (Lipinski definition) is 4. The zero-order valence-electron chi connectivity index (χ0n) is 10.0. The smallest absolute Gasteiger partial charge is 0.306 e. The van der Waals surface area contributed by atoms with Crippen molar-refractivity contribution in [2.45, 2.75) is 18.6 Å². The van der Waals surface area contributed by atoms with Gasteiger partial charge < -0.3 is 9.84 Å². The van der Waals surface area contributed by atoms with E-state index >= 15 is 0 Å². The minimum Gasteiger partial charge on any atom is -0.481 e. The molecule has 0 spiro atoms. The van der Waals surface area contributed by atoms with Crippen LogP contribution in [0.25, 0.3) is 0 Å². The van der Waals surface area contributed by atoms with Crippen LogP contribution in [0, 0.1) is 0 Å². The fourth-order valence-corrected chi connectivity index (χ4v) is 2.03. The summed E-state index contributed by atoms with van der Waals surface area (Å²) in [7, 11) is 0. The van der Waals surface area contributed by atoms with Crippen LogP contribution < -0.4 is 0 Å². The molecule has 98 valence electrons. The predicted octanol–water partition coefficient (Wildman–Crippen LogP) is 2.33. The number of ether oxygens (including phenoxy) is 1. The van der Waals surface area contributed by atoms with Crippen LogP contribution in [-0.4, -0.2) is 29.4 Å². The molecule has 0 heterocycles. The second-order valence-corrected chi connectivity index (χ2v) is 4.76. The van der Waals surface area contributed by atoms with Crippen molar-refractivity contribution in [3.8, 4) is 0 Å². The molecule has 0 saturated heterocycles. The number of carbonyl (C=O) groups is 2. The van der Waals surface area contributed by atoms with E-state index < -0.39 is 11.9 Å². The Bertz CT molecular complexity index is 378. The van der Waals surface area contributed by atoms with Gasteiger partial charge in [0.1, 0.15) is 6.61 Å². The number of aliphatic carboxylic acids is 1. The minimum absolute atomic E-state index is 0.0569. The van der Waals surface area contributed by atoms with Crippen LogP contribution in [0.1, 0.15) is 18.4 Å². The zero-order chi connectivity index (χ0) is 13.2. The van der Waals surface area contributed by atoms with Gasteiger partial charge in [-0.1, -0.05) is 30.3 Å². The standard InChI is InChI=1S/C13H16O4S/c14-12(15)6-7-13(16)17-8-9-18-10-11-4-2-1-3-5-11/h1-5H,6-10H2,(H,14,15). The quantitative estimate of drug-likeness (QED) is 0.579. The predicted molar refractivity (Wildman–Crippen MR) is 70.4 cm³/mol. The van der Waals surface area contributed by atoms with Crippen molar-refractivity contribution in [1.82, 2.24) is 0 Å². The molecule has 1 aromatic rings. The Morgan fingerprint density at radius 3 is 2.56 bits per heavy atom. The molecule has 0 atom stereocenters. The first-order chi connectivity index (χ1) is 8.68. The molecule has 0 aliphatic rings. The molecule has 0 unspecified atom stereocenters. The lowest BCUT2D eigenvalue weighted by Gasteiger charge is -2.04. The van der Waals surface area contributed by atoms with Crippen LogP contribution in [0.15, 0.2) is 30.3 Å². The van der Waals surface area contributed by atoms with Gasteiger partial charge in [0, 0.05) is 11.5 Å². The first-order valence-electron chi connectivity index (χ1n) is 5.67. The lowest BCUT2D eigenvalue weighted by molar-refractivity contribution is -0.147. The van der Waals surface area contributed by atoms with Crippen LogP contribution in [0.2, 0.25) is 0 Å². The Morgan fingerprint density at radius 2 is 1.89 bits per heavy atom. The summed E-state index contributed by atoms with van der Waals surface area (Å²) in [5, 5.41) is 8.39. The normalized spacial score (nSPS) is 10.0. The largest absolute Gasteiger partial charge is 0.481 e. The highest BCUT2D eigenvalue weighted by Crippen LogP contribution is 2.11. The molecule has 0 aliphatic heterocycles. The van der Waals surface area contributed by atoms with Crippen molar-refractivity contribution in [1.29, 1.82) is 0 Å². The fraction of sp³-hybridized carbons (Fsp3) is 0.385. The minimum atomic E-state index is -0.981. The van der Waals surface area contributed by atoms with E-state index in [1.54, 1.807) is 11.8 Å². The summed E-state index contributed by atoms with van der Waals surface area (Å²) in [5.41, 5.74) is 1.24. The molecule has 0 aliphatic carbocycles. The molecular weight excluding hydrogens is 252 g/mol. The topological polar surface area (TPSA) is 63.6 Å². The van der Waals surface area contributed by atoms with Crippen molar-refractivity contribution in [2.75, 3.05) is 12.4 Å². The fourth-order valence-electron chi connectivity index (χ4n) is 1.26. The van der Waals surface area contributed by atoms with Gasteiger partial charge in [-0.25, -0.2) is 0 Å². The zero-order valence-corrected chi connectivity index (χ0v) is 10.8. The van der Waals surface area contributed by atoms with Gasteiger partial charge in [0.05, 0.1) is 12.8 Å². The number of carboxylic acid groups (broad SMARTS) is 1. The molecule has 0 aromatic heterocycles. The molecule has 18 heavy (non-hydrogen) atoms. The third kappa shape index (κ3) is 6.96. The second kappa shape index (κ2) is 8.58. The highest BCUT2D eigenvalue weighted by atomic mass is 32.2. The number of esters is 1. The Labute approximate surface area is 110 Å². The maximum atomic E-state index is 11.1. The second-order valence-electron chi connectivity index (χ2n) is 3.65. The number of rotatable bonds is 8. The van der Waals surface area contributed by atoms with Crippen LogP contribution >= 0.6 is 11.8 Å². The SMILES string of the molecule is O=C(O)CCC(=O)OCCSCc1ccccc1. The summed E-state index contributed by atoms with van der Waals surface area (Å²) in [4.78, 5) is 21.3. The van der Waals surface area contributed by atoms with Crippen LogP contribution in [0.5, 0.6) is 0 Å². The van der Waals surface area contributed by atoms with Gasteiger partial charge >= 0.3 is 11.9 Å². The van der Waals surface area contributed by atoms with Crippen LogP contribution in [0.3, 0.4) is 0 Å². The average molecular weight is 268 g/mol. The van der Waals surface area contributed by atoms with Gasteiger partial charge in [0.15, 0.2) is 0 Å². The van der Waals surface area contributed by atoms with E-state index in [9.17, 15) is 9.59 Å². The monoisotopic (exact) mass is 268 g/mol. The number of carbonyl (C=O) groups excluding carboxylic acids is 1. The molecule has 4 nitrogen and oxygen atoms in total. The maximum absolute atomic E-state index is 11.1. The third-order valence-electron chi connectivity index (χ3n) is 2.15. The number of carboxylic acids is 1. The molecule has 0 fully saturated rings. The number of benzene rings is 1. The van der Waals surface area contributed by atoms with E-state index in [1.807, 2.05) is 30.3 Å². The van der Waals surface area contributed by atoms with E-state index in [1.165, 1.54) is 5.56 Å². The van der Waals surface area contributed by atoms with Gasteiger partial charge in [-0.05, 0) is 5.56 Å². The van der Waals surface area contributed by atoms with Gasteiger partial charge in [0.25, 0.3) is 0 Å². The Hall–Kier alpha value is -1.49. The molecule has 0 amide bonds. The Balaban J connectivity index is 2.02. The first-order valence-corrected chi connectivity index (χ1v) is 6.83. The lowest BCUT2D eigenvalue weighted by Crippen LogP contribution is -2.09. The van der Waals surface area contributed by atoms with Gasteiger partial charge in [-0.2, -0.15) is 11.8 Å². The molecule has 5 heteroatoms. The van der Waals surface area contributed by atoms with E-state index in [0.717, 1.165) is 5.75 Å². The number of hydrogen-bond donors (Lipinski definition) is 1. The summed E-state index contributed by atoms with van der Waals surface area (Å²) in [6.45, 7) is 0.329. The highest BCUT2D eigenvalue weighted by molar-refractivity contribution is 7.98. The van der Waals surface area contributed by atoms with Crippen molar-refractivity contribution >= 4 is 23.7 Å². The van der Waals surface area contributed by atoms with Gasteiger partial charge in [0.2, 0.25) is 0 Å². The van der Waals surface area contributed by atoms with E-state index in [4.69, 9.17) is 9.84 Å². The van der Waals surface area contributed by atoms with Gasteiger partial charge in [-0.3, -0.25) is 9.59 Å². The lowest BCUT2D eigenvalue weighted by atomic mass is 10.2. The molecule has 0 saturated carbocycles. The summed E-state index contributed by atoms with van der Waals surface area (Å²) in [6.07, 6.45) is -0.228. The van der Waals surface area contributed by atoms with Crippen molar-refractivity contribution < 1.29 is 19.4 Å². The molecule has 0 radical (unpaired) electrons. The van der Waals surface area contributed by atoms with Crippen LogP contribution in [-0.2, 0) is 20.1 Å². The Kier molecular flexibility index (Phi) is 6.94. The molecule has 0 bridgehead atoms. The van der Waals surface area contributed by atoms with E-state index in [0.29, 0.717) is 12.4 Å². The third-order valence-corrected chi connectivity index (χ3v) is 3.14. The molecular formula is C13H16O4S. The van der Waals surface area contributed by atoms with E-state index in [-0.39, 0.29) is 12.8 Å². The first kappa shape index (κ1) is 14.6. The van der Waals surface area contributed by atoms with E-state index in [2.05, 4.69) is 0 Å². The molecule has 1 aromatic carbocycles.